The summed E-state index contributed by atoms with van der Waals surface area (Å²) in [7, 11) is 1.55. The van der Waals surface area contributed by atoms with Gasteiger partial charge in [-0.15, -0.1) is 0 Å². The number of carbonyl (C=O) groups is 1. The number of benzene rings is 2. The fourth-order valence-electron chi connectivity index (χ4n) is 1.98. The number of hydrogen-bond donors (Lipinski definition) is 1. The van der Waals surface area contributed by atoms with Gasteiger partial charge in [-0.05, 0) is 54.0 Å². The predicted molar refractivity (Wildman–Crippen MR) is 91.0 cm³/mol. The van der Waals surface area contributed by atoms with Crippen molar-refractivity contribution >= 4 is 27.5 Å². The van der Waals surface area contributed by atoms with Crippen LogP contribution >= 0.6 is 15.9 Å². The summed E-state index contributed by atoms with van der Waals surface area (Å²) in [5, 5.41) is 2.86. The molecule has 0 radical (unpaired) electrons. The van der Waals surface area contributed by atoms with E-state index in [0.29, 0.717) is 28.1 Å². The summed E-state index contributed by atoms with van der Waals surface area (Å²) >= 11 is 3.42. The molecule has 0 aromatic heterocycles. The average molecular weight is 364 g/mol. The molecule has 0 atom stereocenters. The number of methoxy groups -OCH3 is 1. The molecule has 0 saturated heterocycles. The molecule has 1 N–H and O–H groups in total. The summed E-state index contributed by atoms with van der Waals surface area (Å²) in [5.74, 6) is 0.910. The number of aryl methyl sites for hydroxylation is 1. The third kappa shape index (κ3) is 3.80. The third-order valence-electron chi connectivity index (χ3n) is 3.09. The maximum Gasteiger partial charge on any atom is 0.255 e. The van der Waals surface area contributed by atoms with Crippen LogP contribution in [0.15, 0.2) is 40.9 Å². The number of amides is 1. The minimum atomic E-state index is -0.203. The molecule has 0 bridgehead atoms. The van der Waals surface area contributed by atoms with Gasteiger partial charge in [0.05, 0.1) is 18.2 Å². The molecular formula is C17H18BrNO3. The van der Waals surface area contributed by atoms with Gasteiger partial charge in [0.2, 0.25) is 0 Å². The minimum absolute atomic E-state index is 0.203. The van der Waals surface area contributed by atoms with Crippen LogP contribution in [-0.4, -0.2) is 19.6 Å². The average Bonchev–Trinajstić information content (AvgIpc) is 2.51. The Morgan fingerprint density at radius 1 is 1.23 bits per heavy atom. The van der Waals surface area contributed by atoms with Crippen LogP contribution in [0, 0.1) is 6.92 Å². The first kappa shape index (κ1) is 16.4. The topological polar surface area (TPSA) is 47.6 Å². The summed E-state index contributed by atoms with van der Waals surface area (Å²) in [6.07, 6.45) is 0. The Hall–Kier alpha value is -2.01. The molecule has 0 unspecified atom stereocenters. The first-order valence-corrected chi connectivity index (χ1v) is 7.72. The zero-order valence-corrected chi connectivity index (χ0v) is 14.4. The van der Waals surface area contributed by atoms with Gasteiger partial charge in [-0.25, -0.2) is 0 Å². The molecule has 0 spiro atoms. The molecule has 2 aromatic rings. The van der Waals surface area contributed by atoms with E-state index in [-0.39, 0.29) is 5.91 Å². The normalized spacial score (nSPS) is 10.2. The van der Waals surface area contributed by atoms with Crippen molar-refractivity contribution in [2.75, 3.05) is 19.0 Å². The van der Waals surface area contributed by atoms with Gasteiger partial charge in [-0.1, -0.05) is 17.7 Å². The van der Waals surface area contributed by atoms with E-state index in [1.165, 1.54) is 0 Å². The van der Waals surface area contributed by atoms with E-state index >= 15 is 0 Å². The van der Waals surface area contributed by atoms with Crippen LogP contribution in [0.4, 0.5) is 5.69 Å². The summed E-state index contributed by atoms with van der Waals surface area (Å²) < 4.78 is 11.5. The Labute approximate surface area is 138 Å². The Bertz CT molecular complexity index is 668. The van der Waals surface area contributed by atoms with Gasteiger partial charge in [0.25, 0.3) is 5.91 Å². The molecule has 0 aliphatic rings. The van der Waals surface area contributed by atoms with E-state index in [9.17, 15) is 4.79 Å². The van der Waals surface area contributed by atoms with Crippen molar-refractivity contribution in [2.24, 2.45) is 0 Å². The summed E-state index contributed by atoms with van der Waals surface area (Å²) in [5.41, 5.74) is 2.39. The zero-order chi connectivity index (χ0) is 16.1. The van der Waals surface area contributed by atoms with Crippen molar-refractivity contribution in [1.82, 2.24) is 0 Å². The van der Waals surface area contributed by atoms with E-state index in [1.54, 1.807) is 19.2 Å². The van der Waals surface area contributed by atoms with Gasteiger partial charge in [0.1, 0.15) is 0 Å². The second-order valence-electron chi connectivity index (χ2n) is 4.74. The fourth-order valence-corrected chi connectivity index (χ4v) is 2.53. The molecule has 0 aliphatic heterocycles. The molecule has 0 heterocycles. The summed E-state index contributed by atoms with van der Waals surface area (Å²) in [6, 6.07) is 11.0. The number of hydrogen-bond acceptors (Lipinski definition) is 3. The first-order chi connectivity index (χ1) is 10.5. The lowest BCUT2D eigenvalue weighted by molar-refractivity contribution is 0.102. The summed E-state index contributed by atoms with van der Waals surface area (Å²) in [4.78, 5) is 12.4. The van der Waals surface area contributed by atoms with Crippen molar-refractivity contribution in [1.29, 1.82) is 0 Å². The van der Waals surface area contributed by atoms with Crippen LogP contribution in [0.2, 0.25) is 0 Å². The molecule has 0 saturated carbocycles. The SMILES string of the molecule is CCOc1c(Br)cc(C(=O)Nc2ccc(C)cc2)cc1OC. The molecule has 5 heteroatoms. The molecule has 4 nitrogen and oxygen atoms in total. The maximum atomic E-state index is 12.4. The molecule has 2 rings (SSSR count). The van der Waals surface area contributed by atoms with E-state index in [4.69, 9.17) is 9.47 Å². The Morgan fingerprint density at radius 3 is 2.50 bits per heavy atom. The minimum Gasteiger partial charge on any atom is -0.493 e. The highest BCUT2D eigenvalue weighted by Gasteiger charge is 2.15. The highest BCUT2D eigenvalue weighted by Crippen LogP contribution is 2.36. The van der Waals surface area contributed by atoms with Gasteiger partial charge in [0.15, 0.2) is 11.5 Å². The largest absolute Gasteiger partial charge is 0.493 e. The van der Waals surface area contributed by atoms with Crippen LogP contribution in [0.25, 0.3) is 0 Å². The van der Waals surface area contributed by atoms with Crippen molar-refractivity contribution in [3.63, 3.8) is 0 Å². The number of anilines is 1. The third-order valence-corrected chi connectivity index (χ3v) is 3.68. The number of nitrogens with one attached hydrogen (secondary N) is 1. The van der Waals surface area contributed by atoms with Crippen LogP contribution in [0.5, 0.6) is 11.5 Å². The van der Waals surface area contributed by atoms with E-state index in [1.807, 2.05) is 38.1 Å². The second kappa shape index (κ2) is 7.31. The van der Waals surface area contributed by atoms with Crippen LogP contribution in [0.3, 0.4) is 0 Å². The number of carbonyl (C=O) groups excluding carboxylic acids is 1. The lowest BCUT2D eigenvalue weighted by Crippen LogP contribution is -2.12. The second-order valence-corrected chi connectivity index (χ2v) is 5.60. The number of ether oxygens (including phenoxy) is 2. The highest BCUT2D eigenvalue weighted by molar-refractivity contribution is 9.10. The molecule has 0 fully saturated rings. The molecule has 116 valence electrons. The predicted octanol–water partition coefficient (Wildman–Crippen LogP) is 4.42. The van der Waals surface area contributed by atoms with E-state index in [2.05, 4.69) is 21.2 Å². The fraction of sp³-hybridized carbons (Fsp3) is 0.235. The molecule has 1 amide bonds. The van der Waals surface area contributed by atoms with E-state index < -0.39 is 0 Å². The number of rotatable bonds is 5. The van der Waals surface area contributed by atoms with Gasteiger partial charge >= 0.3 is 0 Å². The molecule has 22 heavy (non-hydrogen) atoms. The van der Waals surface area contributed by atoms with Crippen LogP contribution in [0.1, 0.15) is 22.8 Å². The molecule has 2 aromatic carbocycles. The van der Waals surface area contributed by atoms with Gasteiger partial charge < -0.3 is 14.8 Å². The van der Waals surface area contributed by atoms with Crippen LogP contribution < -0.4 is 14.8 Å². The van der Waals surface area contributed by atoms with Crippen molar-refractivity contribution in [2.45, 2.75) is 13.8 Å². The smallest absolute Gasteiger partial charge is 0.255 e. The van der Waals surface area contributed by atoms with E-state index in [0.717, 1.165) is 11.3 Å². The molecular weight excluding hydrogens is 346 g/mol. The van der Waals surface area contributed by atoms with Crippen molar-refractivity contribution in [3.8, 4) is 11.5 Å². The lowest BCUT2D eigenvalue weighted by Gasteiger charge is -2.13. The zero-order valence-electron chi connectivity index (χ0n) is 12.8. The maximum absolute atomic E-state index is 12.4. The lowest BCUT2D eigenvalue weighted by atomic mass is 10.1. The van der Waals surface area contributed by atoms with Gasteiger partial charge in [0, 0.05) is 11.3 Å². The van der Waals surface area contributed by atoms with Crippen LogP contribution in [-0.2, 0) is 0 Å². The summed E-state index contributed by atoms with van der Waals surface area (Å²) in [6.45, 7) is 4.41. The van der Waals surface area contributed by atoms with Gasteiger partial charge in [-0.3, -0.25) is 4.79 Å². The Kier molecular flexibility index (Phi) is 5.44. The standard InChI is InChI=1S/C17H18BrNO3/c1-4-22-16-14(18)9-12(10-15(16)21-3)17(20)19-13-7-5-11(2)6-8-13/h5-10H,4H2,1-3H3,(H,19,20). The quantitative estimate of drug-likeness (QED) is 0.855. The van der Waals surface area contributed by atoms with Crippen molar-refractivity contribution < 1.29 is 14.3 Å². The molecule has 0 aliphatic carbocycles. The first-order valence-electron chi connectivity index (χ1n) is 6.93. The van der Waals surface area contributed by atoms with Crippen molar-refractivity contribution in [3.05, 3.63) is 52.0 Å². The Balaban J connectivity index is 2.26. The number of halogens is 1. The van der Waals surface area contributed by atoms with Gasteiger partial charge in [-0.2, -0.15) is 0 Å². The Morgan fingerprint density at radius 2 is 1.91 bits per heavy atom. The monoisotopic (exact) mass is 363 g/mol. The highest BCUT2D eigenvalue weighted by atomic mass is 79.9.